The molecule has 0 aliphatic rings. The number of ketones is 1. The summed E-state index contributed by atoms with van der Waals surface area (Å²) in [5.74, 6) is -1.77. The first-order chi connectivity index (χ1) is 9.76. The predicted octanol–water partition coefficient (Wildman–Crippen LogP) is 4.61. The SMILES string of the molecule is O=C(c1cccc(OC(F)(F)F)c1)c1ccc(F)cc1Cl. The first-order valence-electron chi connectivity index (χ1n) is 5.62. The molecule has 0 N–H and O–H groups in total. The molecule has 0 heterocycles. The van der Waals surface area contributed by atoms with Crippen LogP contribution in [-0.2, 0) is 0 Å². The maximum atomic E-state index is 12.9. The van der Waals surface area contributed by atoms with Crippen LogP contribution >= 0.6 is 11.6 Å². The lowest BCUT2D eigenvalue weighted by Gasteiger charge is -2.10. The van der Waals surface area contributed by atoms with Crippen LogP contribution < -0.4 is 4.74 Å². The van der Waals surface area contributed by atoms with E-state index in [-0.39, 0.29) is 16.1 Å². The maximum absolute atomic E-state index is 12.9. The van der Waals surface area contributed by atoms with Gasteiger partial charge in [0.2, 0.25) is 0 Å². The maximum Gasteiger partial charge on any atom is 0.573 e. The Hall–Kier alpha value is -2.08. The van der Waals surface area contributed by atoms with Gasteiger partial charge in [0.25, 0.3) is 0 Å². The van der Waals surface area contributed by atoms with E-state index in [1.54, 1.807) is 0 Å². The smallest absolute Gasteiger partial charge is 0.406 e. The van der Waals surface area contributed by atoms with Crippen molar-refractivity contribution in [3.05, 3.63) is 64.4 Å². The fourth-order valence-electron chi connectivity index (χ4n) is 1.66. The van der Waals surface area contributed by atoms with Gasteiger partial charge in [0, 0.05) is 11.1 Å². The Morgan fingerprint density at radius 1 is 1.10 bits per heavy atom. The molecule has 7 heteroatoms. The van der Waals surface area contributed by atoms with Gasteiger partial charge in [-0.1, -0.05) is 23.7 Å². The molecule has 0 spiro atoms. The van der Waals surface area contributed by atoms with E-state index in [1.165, 1.54) is 12.1 Å². The van der Waals surface area contributed by atoms with Crippen molar-refractivity contribution >= 4 is 17.4 Å². The molecule has 2 nitrogen and oxygen atoms in total. The number of carbonyl (C=O) groups is 1. The lowest BCUT2D eigenvalue weighted by Crippen LogP contribution is -2.17. The predicted molar refractivity (Wildman–Crippen MR) is 68.0 cm³/mol. The monoisotopic (exact) mass is 318 g/mol. The van der Waals surface area contributed by atoms with Crippen molar-refractivity contribution in [2.45, 2.75) is 6.36 Å². The van der Waals surface area contributed by atoms with E-state index in [2.05, 4.69) is 4.74 Å². The summed E-state index contributed by atoms with van der Waals surface area (Å²) in [5.41, 5.74) is -0.0625. The molecule has 2 rings (SSSR count). The average molecular weight is 319 g/mol. The second-order valence-electron chi connectivity index (χ2n) is 4.03. The van der Waals surface area contributed by atoms with Crippen molar-refractivity contribution in [3.63, 3.8) is 0 Å². The highest BCUT2D eigenvalue weighted by molar-refractivity contribution is 6.35. The molecule has 0 atom stereocenters. The summed E-state index contributed by atoms with van der Waals surface area (Å²) in [5, 5.41) is -0.123. The fraction of sp³-hybridized carbons (Fsp3) is 0.0714. The van der Waals surface area contributed by atoms with Crippen molar-refractivity contribution in [1.82, 2.24) is 0 Å². The zero-order valence-electron chi connectivity index (χ0n) is 10.2. The molecule has 0 amide bonds. The molecule has 0 aliphatic heterocycles. The van der Waals surface area contributed by atoms with E-state index in [0.29, 0.717) is 0 Å². The van der Waals surface area contributed by atoms with Gasteiger partial charge in [-0.3, -0.25) is 4.79 Å². The number of rotatable bonds is 3. The number of hydrogen-bond donors (Lipinski definition) is 0. The van der Waals surface area contributed by atoms with Crippen LogP contribution in [0.25, 0.3) is 0 Å². The number of benzene rings is 2. The molecule has 0 saturated carbocycles. The van der Waals surface area contributed by atoms with Crippen LogP contribution in [0.3, 0.4) is 0 Å². The highest BCUT2D eigenvalue weighted by Crippen LogP contribution is 2.26. The third kappa shape index (κ3) is 3.95. The van der Waals surface area contributed by atoms with E-state index in [9.17, 15) is 22.4 Å². The summed E-state index contributed by atoms with van der Waals surface area (Å²) in [6.45, 7) is 0. The van der Waals surface area contributed by atoms with Crippen LogP contribution in [0.4, 0.5) is 17.6 Å². The average Bonchev–Trinajstić information content (AvgIpc) is 2.36. The lowest BCUT2D eigenvalue weighted by atomic mass is 10.0. The van der Waals surface area contributed by atoms with Crippen LogP contribution in [0.15, 0.2) is 42.5 Å². The van der Waals surface area contributed by atoms with Gasteiger partial charge >= 0.3 is 6.36 Å². The molecule has 21 heavy (non-hydrogen) atoms. The molecule has 0 aliphatic carbocycles. The number of ether oxygens (including phenoxy) is 1. The fourth-order valence-corrected chi connectivity index (χ4v) is 1.92. The first kappa shape index (κ1) is 15.3. The van der Waals surface area contributed by atoms with E-state index in [4.69, 9.17) is 11.6 Å². The minimum absolute atomic E-state index is 0.0118. The third-order valence-corrected chi connectivity index (χ3v) is 2.82. The third-order valence-electron chi connectivity index (χ3n) is 2.51. The summed E-state index contributed by atoms with van der Waals surface area (Å²) in [7, 11) is 0. The van der Waals surface area contributed by atoms with Crippen molar-refractivity contribution in [2.75, 3.05) is 0 Å². The second kappa shape index (κ2) is 5.73. The summed E-state index contributed by atoms with van der Waals surface area (Å²) < 4.78 is 53.1. The normalized spacial score (nSPS) is 11.3. The molecule has 0 radical (unpaired) electrons. The standard InChI is InChI=1S/C14H7ClF4O2/c15-12-7-9(16)4-5-11(12)13(20)8-2-1-3-10(6-8)21-14(17,18)19/h1-7H. The van der Waals surface area contributed by atoms with E-state index in [0.717, 1.165) is 30.3 Å². The molecule has 0 saturated heterocycles. The van der Waals surface area contributed by atoms with Gasteiger partial charge in [0.15, 0.2) is 5.78 Å². The van der Waals surface area contributed by atoms with E-state index >= 15 is 0 Å². The van der Waals surface area contributed by atoms with Gasteiger partial charge in [0.05, 0.1) is 5.02 Å². The number of hydrogen-bond acceptors (Lipinski definition) is 2. The first-order valence-corrected chi connectivity index (χ1v) is 5.99. The Bertz CT molecular complexity index is 683. The molecule has 0 unspecified atom stereocenters. The molecule has 0 fully saturated rings. The summed E-state index contributed by atoms with van der Waals surface area (Å²) >= 11 is 5.75. The minimum Gasteiger partial charge on any atom is -0.406 e. The Balaban J connectivity index is 2.33. The minimum atomic E-state index is -4.85. The van der Waals surface area contributed by atoms with Crippen molar-refractivity contribution < 1.29 is 27.1 Å². The van der Waals surface area contributed by atoms with Crippen LogP contribution in [-0.4, -0.2) is 12.1 Å². The number of halogens is 5. The highest BCUT2D eigenvalue weighted by atomic mass is 35.5. The van der Waals surface area contributed by atoms with Crippen LogP contribution in [0, 0.1) is 5.82 Å². The Morgan fingerprint density at radius 3 is 2.43 bits per heavy atom. The van der Waals surface area contributed by atoms with Gasteiger partial charge in [-0.15, -0.1) is 13.2 Å². The van der Waals surface area contributed by atoms with Gasteiger partial charge in [0.1, 0.15) is 11.6 Å². The van der Waals surface area contributed by atoms with Crippen LogP contribution in [0.5, 0.6) is 5.75 Å². The van der Waals surface area contributed by atoms with Gasteiger partial charge < -0.3 is 4.74 Å². The zero-order chi connectivity index (χ0) is 15.6. The number of alkyl halides is 3. The van der Waals surface area contributed by atoms with Crippen molar-refractivity contribution in [2.24, 2.45) is 0 Å². The molecular formula is C14H7ClF4O2. The van der Waals surface area contributed by atoms with Gasteiger partial charge in [-0.2, -0.15) is 0 Å². The topological polar surface area (TPSA) is 26.3 Å². The molecule has 0 bridgehead atoms. The quantitative estimate of drug-likeness (QED) is 0.610. The molecule has 110 valence electrons. The molecule has 0 aromatic heterocycles. The highest BCUT2D eigenvalue weighted by Gasteiger charge is 2.31. The summed E-state index contributed by atoms with van der Waals surface area (Å²) in [4.78, 5) is 12.2. The Morgan fingerprint density at radius 2 is 1.81 bits per heavy atom. The zero-order valence-corrected chi connectivity index (χ0v) is 11.0. The largest absolute Gasteiger partial charge is 0.573 e. The number of carbonyl (C=O) groups excluding carboxylic acids is 1. The summed E-state index contributed by atoms with van der Waals surface area (Å²) in [6.07, 6.45) is -4.85. The van der Waals surface area contributed by atoms with Gasteiger partial charge in [-0.05, 0) is 30.3 Å². The van der Waals surface area contributed by atoms with Crippen molar-refractivity contribution in [3.8, 4) is 5.75 Å². The molecule has 2 aromatic rings. The van der Waals surface area contributed by atoms with E-state index in [1.807, 2.05) is 0 Å². The Labute approximate surface area is 121 Å². The summed E-state index contributed by atoms with van der Waals surface area (Å²) in [6, 6.07) is 7.71. The molecule has 2 aromatic carbocycles. The van der Waals surface area contributed by atoms with Crippen LogP contribution in [0.1, 0.15) is 15.9 Å². The van der Waals surface area contributed by atoms with E-state index < -0.39 is 23.7 Å². The van der Waals surface area contributed by atoms with Crippen LogP contribution in [0.2, 0.25) is 5.02 Å². The van der Waals surface area contributed by atoms with Gasteiger partial charge in [-0.25, -0.2) is 4.39 Å². The molecular weight excluding hydrogens is 312 g/mol. The second-order valence-corrected chi connectivity index (χ2v) is 4.44. The van der Waals surface area contributed by atoms with Crippen molar-refractivity contribution in [1.29, 1.82) is 0 Å². The Kier molecular flexibility index (Phi) is 4.18. The lowest BCUT2D eigenvalue weighted by molar-refractivity contribution is -0.274.